The smallest absolute Gasteiger partial charge is 0.323 e. The molecule has 0 saturated carbocycles. The number of hydrogen-bond donors (Lipinski definition) is 3. The predicted molar refractivity (Wildman–Crippen MR) is 132 cm³/mol. The lowest BCUT2D eigenvalue weighted by molar-refractivity contribution is 0.262. The van der Waals surface area contributed by atoms with Gasteiger partial charge in [0.05, 0.1) is 23.4 Å². The van der Waals surface area contributed by atoms with E-state index in [1.807, 2.05) is 12.1 Å². The summed E-state index contributed by atoms with van der Waals surface area (Å²) in [7, 11) is 3.28. The number of hydrogen-bond acceptors (Lipinski definition) is 7. The Hall–Kier alpha value is -4.37. The number of nitrogens with zero attached hydrogens (tertiary/aromatic N) is 3. The SMILES string of the molecule is CNc1nccc(-c2cccnc2Oc2ccc(NC(=O)Nc3ccc(OC)c(Cl)c3)cc2)n1. The number of anilines is 3. The van der Waals surface area contributed by atoms with E-state index in [4.69, 9.17) is 21.1 Å². The van der Waals surface area contributed by atoms with E-state index in [-0.39, 0.29) is 0 Å². The van der Waals surface area contributed by atoms with Crippen LogP contribution in [0, 0.1) is 0 Å². The van der Waals surface area contributed by atoms with Gasteiger partial charge in [0.15, 0.2) is 0 Å². The number of carbonyl (C=O) groups excluding carboxylic acids is 1. The molecular weight excluding hydrogens is 456 g/mol. The van der Waals surface area contributed by atoms with Crippen LogP contribution in [0.3, 0.4) is 0 Å². The first kappa shape index (κ1) is 22.8. The van der Waals surface area contributed by atoms with Crippen LogP contribution in [0.1, 0.15) is 0 Å². The van der Waals surface area contributed by atoms with Crippen molar-refractivity contribution in [2.45, 2.75) is 0 Å². The van der Waals surface area contributed by atoms with E-state index in [1.54, 1.807) is 68.0 Å². The molecule has 172 valence electrons. The predicted octanol–water partition coefficient (Wildman–Crippen LogP) is 5.68. The zero-order chi connectivity index (χ0) is 23.9. The molecule has 0 unspecified atom stereocenters. The number of aromatic nitrogens is 3. The van der Waals surface area contributed by atoms with E-state index in [9.17, 15) is 4.79 Å². The van der Waals surface area contributed by atoms with Gasteiger partial charge in [-0.15, -0.1) is 0 Å². The maximum absolute atomic E-state index is 12.3. The molecule has 2 aromatic carbocycles. The summed E-state index contributed by atoms with van der Waals surface area (Å²) in [5.74, 6) is 1.98. The Kier molecular flexibility index (Phi) is 7.04. The Morgan fingerprint density at radius 3 is 2.44 bits per heavy atom. The molecule has 0 spiro atoms. The Morgan fingerprint density at radius 2 is 1.71 bits per heavy atom. The summed E-state index contributed by atoms with van der Waals surface area (Å²) in [6, 6.07) is 17.0. The summed E-state index contributed by atoms with van der Waals surface area (Å²) < 4.78 is 11.1. The lowest BCUT2D eigenvalue weighted by atomic mass is 10.2. The van der Waals surface area contributed by atoms with Gasteiger partial charge in [0.1, 0.15) is 11.5 Å². The highest BCUT2D eigenvalue weighted by Crippen LogP contribution is 2.31. The maximum atomic E-state index is 12.3. The molecule has 3 N–H and O–H groups in total. The number of pyridine rings is 1. The second-order valence-electron chi connectivity index (χ2n) is 6.93. The van der Waals surface area contributed by atoms with Gasteiger partial charge >= 0.3 is 6.03 Å². The molecule has 2 aromatic heterocycles. The summed E-state index contributed by atoms with van der Waals surface area (Å²) in [6.07, 6.45) is 3.31. The van der Waals surface area contributed by atoms with Gasteiger partial charge in [-0.1, -0.05) is 11.6 Å². The van der Waals surface area contributed by atoms with Gasteiger partial charge in [-0.3, -0.25) is 0 Å². The topological polar surface area (TPSA) is 110 Å². The van der Waals surface area contributed by atoms with Crippen molar-refractivity contribution in [3.05, 3.63) is 78.1 Å². The molecule has 0 atom stereocenters. The molecule has 0 aliphatic carbocycles. The number of rotatable bonds is 7. The first-order chi connectivity index (χ1) is 16.6. The van der Waals surface area contributed by atoms with Crippen LogP contribution in [0.2, 0.25) is 5.02 Å². The second-order valence-corrected chi connectivity index (χ2v) is 7.33. The van der Waals surface area contributed by atoms with Crippen LogP contribution >= 0.6 is 11.6 Å². The number of amides is 2. The maximum Gasteiger partial charge on any atom is 0.323 e. The van der Waals surface area contributed by atoms with Crippen molar-refractivity contribution in [3.63, 3.8) is 0 Å². The first-order valence-electron chi connectivity index (χ1n) is 10.2. The molecule has 2 amide bonds. The van der Waals surface area contributed by atoms with Crippen molar-refractivity contribution in [1.82, 2.24) is 15.0 Å². The molecule has 2 heterocycles. The molecule has 0 bridgehead atoms. The van der Waals surface area contributed by atoms with Gasteiger partial charge in [0.2, 0.25) is 11.8 Å². The van der Waals surface area contributed by atoms with Crippen molar-refractivity contribution in [2.75, 3.05) is 30.1 Å². The van der Waals surface area contributed by atoms with E-state index in [0.29, 0.717) is 45.4 Å². The van der Waals surface area contributed by atoms with E-state index < -0.39 is 6.03 Å². The zero-order valence-corrected chi connectivity index (χ0v) is 19.1. The standard InChI is InChI=1S/C24H21ClN6O3/c1-26-23-28-13-11-20(31-23)18-4-3-12-27-22(18)34-17-8-5-15(6-9-17)29-24(32)30-16-7-10-21(33-2)19(25)14-16/h3-14H,1-2H3,(H,26,28,31)(H2,29,30,32). The minimum atomic E-state index is -0.411. The third-order valence-corrected chi connectivity index (χ3v) is 4.96. The minimum absolute atomic E-state index is 0.401. The Morgan fingerprint density at radius 1 is 0.941 bits per heavy atom. The summed E-state index contributed by atoms with van der Waals surface area (Å²) in [5, 5.41) is 8.80. The van der Waals surface area contributed by atoms with Crippen LogP contribution in [0.25, 0.3) is 11.3 Å². The lowest BCUT2D eigenvalue weighted by Gasteiger charge is -2.12. The van der Waals surface area contributed by atoms with Crippen molar-refractivity contribution >= 4 is 35.0 Å². The number of carbonyl (C=O) groups is 1. The summed E-state index contributed by atoms with van der Waals surface area (Å²) >= 11 is 6.10. The average molecular weight is 477 g/mol. The van der Waals surface area contributed by atoms with Gasteiger partial charge in [-0.05, 0) is 60.7 Å². The third-order valence-electron chi connectivity index (χ3n) is 4.66. The van der Waals surface area contributed by atoms with Crippen LogP contribution in [-0.4, -0.2) is 35.1 Å². The van der Waals surface area contributed by atoms with E-state index in [0.717, 1.165) is 5.56 Å². The monoisotopic (exact) mass is 476 g/mol. The largest absolute Gasteiger partial charge is 0.495 e. The first-order valence-corrected chi connectivity index (χ1v) is 10.6. The fourth-order valence-corrected chi connectivity index (χ4v) is 3.31. The van der Waals surface area contributed by atoms with Crippen molar-refractivity contribution in [3.8, 4) is 28.6 Å². The number of ether oxygens (including phenoxy) is 2. The van der Waals surface area contributed by atoms with Crippen LogP contribution < -0.4 is 25.4 Å². The van der Waals surface area contributed by atoms with Crippen molar-refractivity contribution in [1.29, 1.82) is 0 Å². The van der Waals surface area contributed by atoms with Gasteiger partial charge in [-0.2, -0.15) is 0 Å². The number of urea groups is 1. The molecule has 0 fully saturated rings. The van der Waals surface area contributed by atoms with E-state index >= 15 is 0 Å². The van der Waals surface area contributed by atoms with Crippen LogP contribution in [0.15, 0.2) is 73.1 Å². The Bertz CT molecular complexity index is 1300. The summed E-state index contributed by atoms with van der Waals surface area (Å²) in [4.78, 5) is 25.2. The molecular formula is C24H21ClN6O3. The number of methoxy groups -OCH3 is 1. The molecule has 4 rings (SSSR count). The summed E-state index contributed by atoms with van der Waals surface area (Å²) in [5.41, 5.74) is 2.52. The Labute approximate surface area is 201 Å². The molecule has 10 heteroatoms. The summed E-state index contributed by atoms with van der Waals surface area (Å²) in [6.45, 7) is 0. The highest BCUT2D eigenvalue weighted by molar-refractivity contribution is 6.32. The third kappa shape index (κ3) is 5.51. The van der Waals surface area contributed by atoms with Crippen LogP contribution in [0.5, 0.6) is 17.4 Å². The molecule has 9 nitrogen and oxygen atoms in total. The van der Waals surface area contributed by atoms with Crippen LogP contribution in [0.4, 0.5) is 22.1 Å². The van der Waals surface area contributed by atoms with E-state index in [2.05, 4.69) is 30.9 Å². The zero-order valence-electron chi connectivity index (χ0n) is 18.4. The van der Waals surface area contributed by atoms with Gasteiger partial charge in [-0.25, -0.2) is 19.7 Å². The average Bonchev–Trinajstić information content (AvgIpc) is 2.86. The fraction of sp³-hybridized carbons (Fsp3) is 0.0833. The highest BCUT2D eigenvalue weighted by atomic mass is 35.5. The fourth-order valence-electron chi connectivity index (χ4n) is 3.05. The lowest BCUT2D eigenvalue weighted by Crippen LogP contribution is -2.19. The van der Waals surface area contributed by atoms with Gasteiger partial charge < -0.3 is 25.4 Å². The number of nitrogens with one attached hydrogen (secondary N) is 3. The Balaban J connectivity index is 1.43. The number of benzene rings is 2. The van der Waals surface area contributed by atoms with Gasteiger partial charge in [0, 0.05) is 30.8 Å². The molecule has 4 aromatic rings. The highest BCUT2D eigenvalue weighted by Gasteiger charge is 2.11. The molecule has 0 radical (unpaired) electrons. The van der Waals surface area contributed by atoms with E-state index in [1.165, 1.54) is 7.11 Å². The van der Waals surface area contributed by atoms with Crippen molar-refractivity contribution < 1.29 is 14.3 Å². The van der Waals surface area contributed by atoms with Crippen molar-refractivity contribution in [2.24, 2.45) is 0 Å². The molecule has 0 saturated heterocycles. The number of halogens is 1. The quantitative estimate of drug-likeness (QED) is 0.314. The molecule has 0 aliphatic heterocycles. The normalized spacial score (nSPS) is 10.3. The van der Waals surface area contributed by atoms with Crippen LogP contribution in [-0.2, 0) is 0 Å². The molecule has 34 heavy (non-hydrogen) atoms. The second kappa shape index (κ2) is 10.5. The van der Waals surface area contributed by atoms with Gasteiger partial charge in [0.25, 0.3) is 0 Å². The minimum Gasteiger partial charge on any atom is -0.495 e. The molecule has 0 aliphatic rings.